The van der Waals surface area contributed by atoms with Crippen molar-refractivity contribution in [1.82, 2.24) is 9.88 Å². The number of nitrogens with two attached hydrogens (primary N) is 1. The summed E-state index contributed by atoms with van der Waals surface area (Å²) in [5.41, 5.74) is 5.55. The highest BCUT2D eigenvalue weighted by Crippen LogP contribution is 2.40. The summed E-state index contributed by atoms with van der Waals surface area (Å²) in [5, 5.41) is 3.24. The molecule has 3 heterocycles. The summed E-state index contributed by atoms with van der Waals surface area (Å²) in [6, 6.07) is 1.53. The van der Waals surface area contributed by atoms with Crippen molar-refractivity contribution in [2.75, 3.05) is 11.9 Å². The average Bonchev–Trinajstić information content (AvgIpc) is 3.15. The second kappa shape index (κ2) is 5.67. The summed E-state index contributed by atoms with van der Waals surface area (Å²) in [7, 11) is 1.75. The van der Waals surface area contributed by atoms with E-state index in [1.165, 1.54) is 12.4 Å². The number of nitrogens with zero attached hydrogens (tertiary/aromatic N) is 4. The Hall–Kier alpha value is -2.19. The highest BCUT2D eigenvalue weighted by molar-refractivity contribution is 6.34. The van der Waals surface area contributed by atoms with E-state index in [4.69, 9.17) is 17.3 Å². The van der Waals surface area contributed by atoms with Gasteiger partial charge in [0.2, 0.25) is 0 Å². The lowest BCUT2D eigenvalue weighted by atomic mass is 10.1. The number of amidine groups is 1. The number of carbonyl (C=O) groups excluding carboxylic acids is 1. The summed E-state index contributed by atoms with van der Waals surface area (Å²) in [5.74, 6) is 0.344. The monoisotopic (exact) mass is 362 g/mol. The summed E-state index contributed by atoms with van der Waals surface area (Å²) < 4.78 is 1.55. The van der Waals surface area contributed by atoms with Crippen molar-refractivity contribution >= 4 is 35.4 Å². The van der Waals surface area contributed by atoms with Crippen molar-refractivity contribution < 1.29 is 4.79 Å². The molecule has 0 saturated heterocycles. The van der Waals surface area contributed by atoms with Gasteiger partial charge in [0.15, 0.2) is 0 Å². The average molecular weight is 363 g/mol. The molecule has 0 radical (unpaired) electrons. The van der Waals surface area contributed by atoms with E-state index < -0.39 is 5.66 Å². The van der Waals surface area contributed by atoms with E-state index in [1.807, 2.05) is 0 Å². The maximum absolute atomic E-state index is 13.2. The molecular weight excluding hydrogens is 344 g/mol. The first-order valence-electron chi connectivity index (χ1n) is 8.29. The van der Waals surface area contributed by atoms with Crippen LogP contribution in [-0.4, -0.2) is 35.9 Å². The number of fused-ring (bicyclic) bond motifs is 2. The van der Waals surface area contributed by atoms with Gasteiger partial charge in [-0.05, 0) is 31.7 Å². The van der Waals surface area contributed by atoms with Crippen molar-refractivity contribution in [1.29, 1.82) is 0 Å². The molecule has 0 aromatic carbocycles. The first-order valence-corrected chi connectivity index (χ1v) is 8.67. The maximum Gasteiger partial charge on any atom is 0.277 e. The van der Waals surface area contributed by atoms with E-state index in [0.29, 0.717) is 17.9 Å². The minimum absolute atomic E-state index is 0.245. The quantitative estimate of drug-likeness (QED) is 0.778. The second-order valence-corrected chi connectivity index (χ2v) is 7.11. The van der Waals surface area contributed by atoms with Gasteiger partial charge in [0, 0.05) is 13.5 Å². The maximum atomic E-state index is 13.2. The van der Waals surface area contributed by atoms with Gasteiger partial charge in [0.25, 0.3) is 11.5 Å². The van der Waals surface area contributed by atoms with Crippen LogP contribution in [0.15, 0.2) is 20.8 Å². The zero-order valence-electron chi connectivity index (χ0n) is 13.8. The van der Waals surface area contributed by atoms with E-state index in [2.05, 4.69) is 15.3 Å². The number of rotatable bonds is 1. The molecule has 1 unspecified atom stereocenters. The molecule has 0 bridgehead atoms. The summed E-state index contributed by atoms with van der Waals surface area (Å²) >= 11 is 6.38. The van der Waals surface area contributed by atoms with Gasteiger partial charge in [0.1, 0.15) is 35.4 Å². The van der Waals surface area contributed by atoms with Gasteiger partial charge >= 0.3 is 0 Å². The van der Waals surface area contributed by atoms with Crippen LogP contribution in [0.4, 0.5) is 5.69 Å². The Bertz CT molecular complexity index is 868. The normalized spacial score (nSPS) is 23.6. The molecule has 1 aliphatic carbocycles. The third kappa shape index (κ3) is 2.39. The van der Waals surface area contributed by atoms with Gasteiger partial charge < -0.3 is 16.0 Å². The summed E-state index contributed by atoms with van der Waals surface area (Å²) in [6.07, 6.45) is 4.82. The first kappa shape index (κ1) is 16.3. The van der Waals surface area contributed by atoms with Gasteiger partial charge in [0.05, 0.1) is 5.02 Å². The minimum Gasteiger partial charge on any atom is -0.328 e. The van der Waals surface area contributed by atoms with Crippen LogP contribution in [0.25, 0.3) is 0 Å². The van der Waals surface area contributed by atoms with Gasteiger partial charge in [-0.2, -0.15) is 0 Å². The standard InChI is InChI=1S/C16H19ClN6O2/c1-22(12-7-11(18)19-8-20-12)10-6-9(17)13-14(24)21-16(4-2-3-5-16)23(13)15(10)25/h6,8,11H,2-5,7,18H2,1H3,(H,21,24). The van der Waals surface area contributed by atoms with E-state index in [0.717, 1.165) is 25.7 Å². The Morgan fingerprint density at radius 2 is 2.12 bits per heavy atom. The lowest BCUT2D eigenvalue weighted by Crippen LogP contribution is -2.46. The van der Waals surface area contributed by atoms with Crippen molar-refractivity contribution in [2.45, 2.75) is 43.9 Å². The molecule has 1 spiro atoms. The Balaban J connectivity index is 1.86. The zero-order valence-corrected chi connectivity index (χ0v) is 14.6. The second-order valence-electron chi connectivity index (χ2n) is 6.70. The Morgan fingerprint density at radius 3 is 2.80 bits per heavy atom. The van der Waals surface area contributed by atoms with Gasteiger partial charge in [-0.25, -0.2) is 4.99 Å². The van der Waals surface area contributed by atoms with Gasteiger partial charge in [-0.15, -0.1) is 0 Å². The minimum atomic E-state index is -0.657. The first-order chi connectivity index (χ1) is 11.9. The molecule has 9 heteroatoms. The van der Waals surface area contributed by atoms with Crippen LogP contribution < -0.4 is 21.5 Å². The third-order valence-electron chi connectivity index (χ3n) is 5.16. The molecular formula is C16H19ClN6O2. The number of hydrogen-bond donors (Lipinski definition) is 2. The SMILES string of the molecule is CN(C1=NC=NC(N)C1)c1cc(Cl)c2n(c1=O)C1(CCCC1)NC2=O. The fourth-order valence-corrected chi connectivity index (χ4v) is 4.18. The van der Waals surface area contributed by atoms with Gasteiger partial charge in [-0.3, -0.25) is 19.1 Å². The smallest absolute Gasteiger partial charge is 0.277 e. The number of pyridine rings is 1. The lowest BCUT2D eigenvalue weighted by molar-refractivity contribution is 0.0920. The molecule has 1 aromatic rings. The molecule has 1 saturated carbocycles. The highest BCUT2D eigenvalue weighted by Gasteiger charge is 2.47. The van der Waals surface area contributed by atoms with E-state index in [1.54, 1.807) is 16.5 Å². The molecule has 3 N–H and O–H groups in total. The largest absolute Gasteiger partial charge is 0.328 e. The van der Waals surface area contributed by atoms with Crippen molar-refractivity contribution in [3.05, 3.63) is 27.1 Å². The number of carbonyl (C=O) groups is 1. The third-order valence-corrected chi connectivity index (χ3v) is 5.45. The molecule has 3 aliphatic rings. The molecule has 1 amide bonds. The van der Waals surface area contributed by atoms with E-state index in [-0.39, 0.29) is 28.3 Å². The van der Waals surface area contributed by atoms with Crippen LogP contribution in [0, 0.1) is 0 Å². The molecule has 1 atom stereocenters. The molecule has 25 heavy (non-hydrogen) atoms. The van der Waals surface area contributed by atoms with Crippen LogP contribution >= 0.6 is 11.6 Å². The number of halogens is 1. The van der Waals surface area contributed by atoms with Crippen LogP contribution in [0.5, 0.6) is 0 Å². The highest BCUT2D eigenvalue weighted by atomic mass is 35.5. The fourth-order valence-electron chi connectivity index (χ4n) is 3.91. The van der Waals surface area contributed by atoms with Crippen molar-refractivity contribution in [2.24, 2.45) is 15.7 Å². The van der Waals surface area contributed by atoms with E-state index >= 15 is 0 Å². The Morgan fingerprint density at radius 1 is 1.40 bits per heavy atom. The summed E-state index contributed by atoms with van der Waals surface area (Å²) in [6.45, 7) is 0. The molecule has 4 rings (SSSR count). The van der Waals surface area contributed by atoms with Crippen LogP contribution in [0.1, 0.15) is 42.6 Å². The van der Waals surface area contributed by atoms with Gasteiger partial charge in [-0.1, -0.05) is 11.6 Å². The van der Waals surface area contributed by atoms with E-state index in [9.17, 15) is 9.59 Å². The number of nitrogens with one attached hydrogen (secondary N) is 1. The molecule has 1 fully saturated rings. The number of anilines is 1. The van der Waals surface area contributed by atoms with Crippen LogP contribution in [0.2, 0.25) is 5.02 Å². The number of hydrogen-bond acceptors (Lipinski definition) is 6. The zero-order chi connectivity index (χ0) is 17.8. The Kier molecular flexibility index (Phi) is 3.69. The molecule has 2 aliphatic heterocycles. The Labute approximate surface area is 149 Å². The predicted molar refractivity (Wildman–Crippen MR) is 96.5 cm³/mol. The topological polar surface area (TPSA) is 105 Å². The molecule has 8 nitrogen and oxygen atoms in total. The lowest BCUT2D eigenvalue weighted by Gasteiger charge is -2.29. The number of amides is 1. The molecule has 1 aromatic heterocycles. The summed E-state index contributed by atoms with van der Waals surface area (Å²) in [4.78, 5) is 35.5. The van der Waals surface area contributed by atoms with Crippen LogP contribution in [0.3, 0.4) is 0 Å². The van der Waals surface area contributed by atoms with Crippen LogP contribution in [-0.2, 0) is 5.66 Å². The predicted octanol–water partition coefficient (Wildman–Crippen LogP) is 1.02. The number of aliphatic imine (C=N–C) groups is 2. The number of aromatic nitrogens is 1. The van der Waals surface area contributed by atoms with Crippen molar-refractivity contribution in [3.8, 4) is 0 Å². The molecule has 132 valence electrons. The fraction of sp³-hybridized carbons (Fsp3) is 0.500. The van der Waals surface area contributed by atoms with Crippen molar-refractivity contribution in [3.63, 3.8) is 0 Å².